The number of pyridine rings is 1. The number of nitrogens with one attached hydrogen (secondary N) is 2. The van der Waals surface area contributed by atoms with Crippen molar-refractivity contribution in [1.82, 2.24) is 35.3 Å². The molecule has 2 N–H and O–H groups in total. The second-order valence-electron chi connectivity index (χ2n) is 10.3. The molecule has 4 heterocycles. The van der Waals surface area contributed by atoms with Crippen LogP contribution in [0.2, 0.25) is 0 Å². The number of ether oxygens (including phenoxy) is 1. The molecule has 2 aromatic carbocycles. The smallest absolute Gasteiger partial charge is 0.243 e. The molecule has 0 aliphatic carbocycles. The van der Waals surface area contributed by atoms with Crippen LogP contribution in [0.5, 0.6) is 11.5 Å². The van der Waals surface area contributed by atoms with Crippen molar-refractivity contribution in [3.05, 3.63) is 73.1 Å². The maximum Gasteiger partial charge on any atom is 0.243 e. The highest BCUT2D eigenvalue weighted by Crippen LogP contribution is 2.32. The third-order valence-electron chi connectivity index (χ3n) is 7.12. The summed E-state index contributed by atoms with van der Waals surface area (Å²) in [5, 5.41) is 14.6. The van der Waals surface area contributed by atoms with Crippen molar-refractivity contribution in [2.45, 2.75) is 25.8 Å². The summed E-state index contributed by atoms with van der Waals surface area (Å²) in [5.41, 5.74) is 4.57. The molecule has 202 valence electrons. The Morgan fingerprint density at radius 3 is 2.83 bits per heavy atom. The molecule has 40 heavy (non-hydrogen) atoms. The van der Waals surface area contributed by atoms with E-state index in [-0.39, 0.29) is 11.4 Å². The minimum atomic E-state index is -0.349. The van der Waals surface area contributed by atoms with Crippen molar-refractivity contribution >= 4 is 45.3 Å². The highest BCUT2D eigenvalue weighted by atomic mass is 16.5. The molecule has 11 heteroatoms. The maximum atomic E-state index is 11.9. The van der Waals surface area contributed by atoms with Gasteiger partial charge in [-0.25, -0.2) is 19.6 Å². The van der Waals surface area contributed by atoms with Crippen molar-refractivity contribution in [3.8, 4) is 11.5 Å². The third-order valence-corrected chi connectivity index (χ3v) is 7.12. The molecule has 0 spiro atoms. The van der Waals surface area contributed by atoms with Gasteiger partial charge in [-0.1, -0.05) is 11.8 Å². The number of benzene rings is 2. The van der Waals surface area contributed by atoms with Crippen LogP contribution in [0.15, 0.2) is 67.5 Å². The number of rotatable bonds is 7. The Morgan fingerprint density at radius 1 is 1.12 bits per heavy atom. The van der Waals surface area contributed by atoms with Crippen LogP contribution in [0.1, 0.15) is 18.9 Å². The molecule has 1 atom stereocenters. The van der Waals surface area contributed by atoms with Crippen molar-refractivity contribution in [2.24, 2.45) is 7.05 Å². The number of aryl methyl sites for hydroxylation is 2. The zero-order chi connectivity index (χ0) is 27.9. The van der Waals surface area contributed by atoms with Crippen LogP contribution in [0.4, 0.5) is 17.3 Å². The lowest BCUT2D eigenvalue weighted by Gasteiger charge is -2.26. The molecule has 1 amide bonds. The summed E-state index contributed by atoms with van der Waals surface area (Å²) in [4.78, 5) is 27.8. The Morgan fingerprint density at radius 2 is 2.00 bits per heavy atom. The van der Waals surface area contributed by atoms with Crippen molar-refractivity contribution in [1.29, 1.82) is 0 Å². The Hall–Kier alpha value is -5.06. The number of nitrogens with zero attached hydrogens (tertiary/aromatic N) is 7. The molecular formula is C29H29N9O2. The minimum Gasteiger partial charge on any atom is -0.457 e. The molecule has 0 bridgehead atoms. The number of carbonyl (C=O) groups excluding carboxylic acids is 1. The second kappa shape index (κ2) is 9.92. The lowest BCUT2D eigenvalue weighted by Crippen LogP contribution is -2.47. The number of fused-ring (bicyclic) bond motifs is 2. The molecule has 6 rings (SSSR count). The van der Waals surface area contributed by atoms with Crippen molar-refractivity contribution < 1.29 is 9.53 Å². The van der Waals surface area contributed by atoms with Gasteiger partial charge in [-0.2, -0.15) is 0 Å². The van der Waals surface area contributed by atoms with Gasteiger partial charge < -0.3 is 20.3 Å². The summed E-state index contributed by atoms with van der Waals surface area (Å²) in [6.07, 6.45) is 3.64. The molecule has 3 aromatic heterocycles. The molecule has 0 saturated carbocycles. The summed E-state index contributed by atoms with van der Waals surface area (Å²) in [6.45, 7) is 9.00. The average molecular weight is 536 g/mol. The first-order valence-corrected chi connectivity index (χ1v) is 13.0. The third kappa shape index (κ3) is 4.89. The van der Waals surface area contributed by atoms with E-state index in [0.29, 0.717) is 23.6 Å². The van der Waals surface area contributed by atoms with Gasteiger partial charge in [0.25, 0.3) is 0 Å². The quantitative estimate of drug-likeness (QED) is 0.292. The fraction of sp³-hybridized carbons (Fsp3) is 0.241. The van der Waals surface area contributed by atoms with Crippen LogP contribution >= 0.6 is 0 Å². The van der Waals surface area contributed by atoms with Gasteiger partial charge in [0.15, 0.2) is 5.82 Å². The summed E-state index contributed by atoms with van der Waals surface area (Å²) in [7, 11) is 1.86. The molecule has 11 nitrogen and oxygen atoms in total. The molecule has 0 unspecified atom stereocenters. The molecule has 1 fully saturated rings. The Balaban J connectivity index is 1.22. The molecule has 1 saturated heterocycles. The molecule has 1 aliphatic heterocycles. The highest BCUT2D eigenvalue weighted by Gasteiger charge is 2.35. The summed E-state index contributed by atoms with van der Waals surface area (Å²) in [6, 6.07) is 15.5. The monoisotopic (exact) mass is 535 g/mol. The van der Waals surface area contributed by atoms with Crippen LogP contribution < -0.4 is 20.3 Å². The van der Waals surface area contributed by atoms with Gasteiger partial charge in [0.1, 0.15) is 34.7 Å². The van der Waals surface area contributed by atoms with Crippen LogP contribution in [0, 0.1) is 6.92 Å². The van der Waals surface area contributed by atoms with Crippen LogP contribution in [0.25, 0.3) is 22.1 Å². The number of amides is 1. The van der Waals surface area contributed by atoms with E-state index < -0.39 is 0 Å². The van der Waals surface area contributed by atoms with Gasteiger partial charge in [0, 0.05) is 31.9 Å². The number of aromatic nitrogens is 6. The zero-order valence-electron chi connectivity index (χ0n) is 22.5. The fourth-order valence-corrected chi connectivity index (χ4v) is 4.99. The van der Waals surface area contributed by atoms with E-state index >= 15 is 0 Å². The van der Waals surface area contributed by atoms with E-state index in [9.17, 15) is 4.79 Å². The number of anilines is 3. The summed E-state index contributed by atoms with van der Waals surface area (Å²) in [5.74, 6) is 2.67. The topological polar surface area (TPSA) is 123 Å². The van der Waals surface area contributed by atoms with Crippen molar-refractivity contribution in [2.75, 3.05) is 23.3 Å². The molecule has 0 radical (unpaired) electrons. The van der Waals surface area contributed by atoms with E-state index in [1.807, 2.05) is 69.4 Å². The van der Waals surface area contributed by atoms with Crippen molar-refractivity contribution in [3.63, 3.8) is 0 Å². The second-order valence-corrected chi connectivity index (χ2v) is 10.3. The highest BCUT2D eigenvalue weighted by molar-refractivity contribution is 5.89. The van der Waals surface area contributed by atoms with Gasteiger partial charge in [-0.3, -0.25) is 4.79 Å². The van der Waals surface area contributed by atoms with Gasteiger partial charge in [-0.05, 0) is 74.4 Å². The maximum absolute atomic E-state index is 11.9. The standard InChI is InChI=1S/C29H29N9O2/c1-5-26(39)34-29(3)12-13-38(16-29)25-11-8-21-27(33-25)28(31-17-30-21)32-19-6-10-24(18(2)14-19)40-20-7-9-23-22(15-20)35-36-37(23)4/h5-11,14-15,17H,1,12-13,16H2,2-4H3,(H,34,39)(H,30,31,32)/t29-/m1/s1. The number of carbonyl (C=O) groups is 1. The summed E-state index contributed by atoms with van der Waals surface area (Å²) >= 11 is 0. The van der Waals surface area contributed by atoms with E-state index in [1.165, 1.54) is 12.4 Å². The predicted molar refractivity (Wildman–Crippen MR) is 154 cm³/mol. The summed E-state index contributed by atoms with van der Waals surface area (Å²) < 4.78 is 7.87. The van der Waals surface area contributed by atoms with Crippen LogP contribution in [-0.2, 0) is 11.8 Å². The average Bonchev–Trinajstić information content (AvgIpc) is 3.52. The normalized spacial score (nSPS) is 16.8. The lowest BCUT2D eigenvalue weighted by atomic mass is 10.0. The van der Waals surface area contributed by atoms with Gasteiger partial charge in [0.05, 0.1) is 16.6 Å². The minimum absolute atomic E-state index is 0.172. The van der Waals surface area contributed by atoms with Gasteiger partial charge >= 0.3 is 0 Å². The van der Waals surface area contributed by atoms with Gasteiger partial charge in [-0.15, -0.1) is 5.10 Å². The first-order chi connectivity index (χ1) is 19.3. The SMILES string of the molecule is C=CC(=O)N[C@]1(C)CCN(c2ccc3ncnc(Nc4ccc(Oc5ccc6c(c5)nnn6C)c(C)c4)c3n2)C1. The van der Waals surface area contributed by atoms with E-state index in [0.717, 1.165) is 52.3 Å². The Bertz CT molecular complexity index is 1770. The number of hydrogen-bond acceptors (Lipinski definition) is 9. The fourth-order valence-electron chi connectivity index (χ4n) is 4.99. The first-order valence-electron chi connectivity index (χ1n) is 13.0. The van der Waals surface area contributed by atoms with E-state index in [1.54, 1.807) is 4.68 Å². The predicted octanol–water partition coefficient (Wildman–Crippen LogP) is 4.42. The molecule has 5 aromatic rings. The lowest BCUT2D eigenvalue weighted by molar-refractivity contribution is -0.117. The first kappa shape index (κ1) is 25.2. The number of hydrogen-bond donors (Lipinski definition) is 2. The zero-order valence-corrected chi connectivity index (χ0v) is 22.5. The Kier molecular flexibility index (Phi) is 6.25. The van der Waals surface area contributed by atoms with Crippen LogP contribution in [-0.4, -0.2) is 54.5 Å². The van der Waals surface area contributed by atoms with Gasteiger partial charge in [0.2, 0.25) is 5.91 Å². The Labute approximate surface area is 230 Å². The largest absolute Gasteiger partial charge is 0.457 e. The van der Waals surface area contributed by atoms with Crippen LogP contribution in [0.3, 0.4) is 0 Å². The molecular weight excluding hydrogens is 506 g/mol. The molecule has 1 aliphatic rings. The van der Waals surface area contributed by atoms with E-state index in [2.05, 4.69) is 42.4 Å². The van der Waals surface area contributed by atoms with E-state index in [4.69, 9.17) is 9.72 Å².